The second-order valence-corrected chi connectivity index (χ2v) is 7.34. The average molecular weight is 304 g/mol. The number of carbonyl (C=O) groups is 1. The second kappa shape index (κ2) is 7.63. The summed E-state index contributed by atoms with van der Waals surface area (Å²) < 4.78 is 5.23. The highest BCUT2D eigenvalue weighted by molar-refractivity contribution is 5.67. The van der Waals surface area contributed by atoms with E-state index in [1.54, 1.807) is 0 Å². The largest absolute Gasteiger partial charge is 0.445 e. The summed E-state index contributed by atoms with van der Waals surface area (Å²) in [6.07, 6.45) is 2.83. The Morgan fingerprint density at radius 1 is 1.18 bits per heavy atom. The van der Waals surface area contributed by atoms with Crippen molar-refractivity contribution in [1.82, 2.24) is 10.6 Å². The minimum atomic E-state index is -0.318. The molecule has 0 aromatic heterocycles. The van der Waals surface area contributed by atoms with Crippen molar-refractivity contribution in [2.75, 3.05) is 6.54 Å². The number of amides is 1. The molecule has 0 bridgehead atoms. The van der Waals surface area contributed by atoms with Crippen molar-refractivity contribution in [2.45, 2.75) is 58.7 Å². The van der Waals surface area contributed by atoms with Crippen LogP contribution in [0.4, 0.5) is 4.79 Å². The molecule has 0 heterocycles. The standard InChI is InChI=1S/C18H28N2O2/c1-18(2,3)9-10-19-15-11-16(12-15)20-17(21)22-13-14-7-5-4-6-8-14/h4-8,15-16,19H,9-13H2,1-3H3,(H,20,21). The molecule has 4 nitrogen and oxygen atoms in total. The van der Waals surface area contributed by atoms with E-state index in [1.165, 1.54) is 6.42 Å². The number of carbonyl (C=O) groups excluding carboxylic acids is 1. The third-order valence-electron chi connectivity index (χ3n) is 3.98. The van der Waals surface area contributed by atoms with Crippen LogP contribution in [0.3, 0.4) is 0 Å². The van der Waals surface area contributed by atoms with E-state index in [2.05, 4.69) is 31.4 Å². The fourth-order valence-corrected chi connectivity index (χ4v) is 2.49. The molecule has 1 amide bonds. The van der Waals surface area contributed by atoms with Crippen molar-refractivity contribution in [3.05, 3.63) is 35.9 Å². The fraction of sp³-hybridized carbons (Fsp3) is 0.611. The Bertz CT molecular complexity index is 462. The highest BCUT2D eigenvalue weighted by atomic mass is 16.5. The molecule has 0 aliphatic heterocycles. The zero-order valence-electron chi connectivity index (χ0n) is 13.9. The summed E-state index contributed by atoms with van der Waals surface area (Å²) in [5.41, 5.74) is 1.38. The molecule has 22 heavy (non-hydrogen) atoms. The van der Waals surface area contributed by atoms with E-state index in [-0.39, 0.29) is 12.1 Å². The topological polar surface area (TPSA) is 50.4 Å². The Kier molecular flexibility index (Phi) is 5.83. The highest BCUT2D eigenvalue weighted by Crippen LogP contribution is 2.22. The lowest BCUT2D eigenvalue weighted by molar-refractivity contribution is 0.125. The van der Waals surface area contributed by atoms with Crippen molar-refractivity contribution in [3.8, 4) is 0 Å². The van der Waals surface area contributed by atoms with Gasteiger partial charge in [0.2, 0.25) is 0 Å². The molecule has 1 aliphatic carbocycles. The minimum absolute atomic E-state index is 0.246. The molecule has 0 unspecified atom stereocenters. The van der Waals surface area contributed by atoms with Gasteiger partial charge >= 0.3 is 6.09 Å². The van der Waals surface area contributed by atoms with Crippen molar-refractivity contribution in [2.24, 2.45) is 5.41 Å². The lowest BCUT2D eigenvalue weighted by Gasteiger charge is -2.36. The average Bonchev–Trinajstić information content (AvgIpc) is 2.42. The monoisotopic (exact) mass is 304 g/mol. The Balaban J connectivity index is 1.54. The van der Waals surface area contributed by atoms with Crippen molar-refractivity contribution in [3.63, 3.8) is 0 Å². The van der Waals surface area contributed by atoms with E-state index in [9.17, 15) is 4.79 Å². The predicted molar refractivity (Wildman–Crippen MR) is 88.6 cm³/mol. The van der Waals surface area contributed by atoms with Crippen LogP contribution >= 0.6 is 0 Å². The van der Waals surface area contributed by atoms with E-state index in [4.69, 9.17) is 4.74 Å². The van der Waals surface area contributed by atoms with Gasteiger partial charge in [0.25, 0.3) is 0 Å². The molecule has 1 fully saturated rings. The molecule has 122 valence electrons. The van der Waals surface area contributed by atoms with Crippen LogP contribution in [0.25, 0.3) is 0 Å². The lowest BCUT2D eigenvalue weighted by Crippen LogP contribution is -2.52. The van der Waals surface area contributed by atoms with Crippen molar-refractivity contribution >= 4 is 6.09 Å². The quantitative estimate of drug-likeness (QED) is 0.846. The molecule has 4 heteroatoms. The third kappa shape index (κ3) is 6.06. The Morgan fingerprint density at radius 3 is 2.50 bits per heavy atom. The Hall–Kier alpha value is -1.55. The first kappa shape index (κ1) is 16.8. The lowest BCUT2D eigenvalue weighted by atomic mass is 9.86. The van der Waals surface area contributed by atoms with Gasteiger partial charge in [-0.05, 0) is 36.8 Å². The Labute approximate surface area is 133 Å². The van der Waals surface area contributed by atoms with Gasteiger partial charge in [-0.15, -0.1) is 0 Å². The van der Waals surface area contributed by atoms with Crippen molar-refractivity contribution in [1.29, 1.82) is 0 Å². The number of alkyl carbamates (subject to hydrolysis) is 1. The van der Waals surface area contributed by atoms with Gasteiger partial charge in [-0.3, -0.25) is 0 Å². The first-order chi connectivity index (χ1) is 10.4. The molecule has 0 spiro atoms. The molecule has 1 aromatic rings. The van der Waals surface area contributed by atoms with Gasteiger partial charge in [0.15, 0.2) is 0 Å². The number of hydrogen-bond donors (Lipinski definition) is 2. The van der Waals surface area contributed by atoms with Crippen LogP contribution in [0, 0.1) is 5.41 Å². The number of nitrogens with one attached hydrogen (secondary N) is 2. The zero-order valence-corrected chi connectivity index (χ0v) is 13.9. The molecule has 1 aromatic carbocycles. The maximum atomic E-state index is 11.7. The first-order valence-corrected chi connectivity index (χ1v) is 8.13. The van der Waals surface area contributed by atoms with E-state index in [1.807, 2.05) is 30.3 Å². The minimum Gasteiger partial charge on any atom is -0.445 e. The van der Waals surface area contributed by atoms with Gasteiger partial charge in [-0.1, -0.05) is 51.1 Å². The second-order valence-electron chi connectivity index (χ2n) is 7.34. The fourth-order valence-electron chi connectivity index (χ4n) is 2.49. The normalized spacial score (nSPS) is 21.0. The Morgan fingerprint density at radius 2 is 1.86 bits per heavy atom. The van der Waals surface area contributed by atoms with Crippen molar-refractivity contribution < 1.29 is 9.53 Å². The van der Waals surface area contributed by atoms with Crippen LogP contribution in [-0.4, -0.2) is 24.7 Å². The zero-order chi connectivity index (χ0) is 16.0. The van der Waals surface area contributed by atoms with Gasteiger partial charge in [0, 0.05) is 12.1 Å². The van der Waals surface area contributed by atoms with Crippen LogP contribution in [0.15, 0.2) is 30.3 Å². The van der Waals surface area contributed by atoms with Crippen LogP contribution in [0.2, 0.25) is 0 Å². The molecule has 2 N–H and O–H groups in total. The maximum Gasteiger partial charge on any atom is 0.407 e. The SMILES string of the molecule is CC(C)(C)CCNC1CC(NC(=O)OCc2ccccc2)C1. The maximum absolute atomic E-state index is 11.7. The summed E-state index contributed by atoms with van der Waals surface area (Å²) in [5, 5.41) is 6.47. The van der Waals surface area contributed by atoms with Crippen LogP contribution in [-0.2, 0) is 11.3 Å². The smallest absolute Gasteiger partial charge is 0.407 e. The number of rotatable bonds is 6. The predicted octanol–water partition coefficient (Wildman–Crippen LogP) is 3.47. The van der Waals surface area contributed by atoms with E-state index < -0.39 is 0 Å². The first-order valence-electron chi connectivity index (χ1n) is 8.13. The molecule has 0 atom stereocenters. The molecule has 1 aliphatic rings. The number of ether oxygens (including phenoxy) is 1. The summed E-state index contributed by atoms with van der Waals surface area (Å²) in [7, 11) is 0. The van der Waals surface area contributed by atoms with E-state index >= 15 is 0 Å². The molecule has 0 saturated heterocycles. The molecular weight excluding hydrogens is 276 g/mol. The van der Waals surface area contributed by atoms with E-state index in [0.29, 0.717) is 18.1 Å². The summed E-state index contributed by atoms with van der Waals surface area (Å²) >= 11 is 0. The summed E-state index contributed by atoms with van der Waals surface area (Å²) in [4.78, 5) is 11.7. The van der Waals surface area contributed by atoms with E-state index in [0.717, 1.165) is 24.9 Å². The summed E-state index contributed by atoms with van der Waals surface area (Å²) in [5.74, 6) is 0. The van der Waals surface area contributed by atoms with Gasteiger partial charge < -0.3 is 15.4 Å². The molecule has 1 saturated carbocycles. The molecule has 2 rings (SSSR count). The van der Waals surface area contributed by atoms with Gasteiger partial charge in [0.05, 0.1) is 0 Å². The third-order valence-corrected chi connectivity index (χ3v) is 3.98. The van der Waals surface area contributed by atoms with Gasteiger partial charge in [-0.2, -0.15) is 0 Å². The van der Waals surface area contributed by atoms with Crippen LogP contribution in [0.1, 0.15) is 45.6 Å². The summed E-state index contributed by atoms with van der Waals surface area (Å²) in [6.45, 7) is 8.12. The summed E-state index contributed by atoms with van der Waals surface area (Å²) in [6, 6.07) is 10.5. The highest BCUT2D eigenvalue weighted by Gasteiger charge is 2.30. The number of hydrogen-bond acceptors (Lipinski definition) is 3. The van der Waals surface area contributed by atoms with Crippen LogP contribution in [0.5, 0.6) is 0 Å². The molecular formula is C18H28N2O2. The van der Waals surface area contributed by atoms with Gasteiger partial charge in [-0.25, -0.2) is 4.79 Å². The van der Waals surface area contributed by atoms with Gasteiger partial charge in [0.1, 0.15) is 6.61 Å². The molecule has 0 radical (unpaired) electrons. The number of benzene rings is 1. The van der Waals surface area contributed by atoms with Crippen LogP contribution < -0.4 is 10.6 Å².